The van der Waals surface area contributed by atoms with E-state index in [1.54, 1.807) is 0 Å². The van der Waals surface area contributed by atoms with Gasteiger partial charge in [0.25, 0.3) is 0 Å². The monoisotopic (exact) mass is 193 g/mol. The van der Waals surface area contributed by atoms with Gasteiger partial charge in [-0.2, -0.15) is 5.26 Å². The Balaban J connectivity index is 3.57. The smallest absolute Gasteiger partial charge is 0.0940 e. The summed E-state index contributed by atoms with van der Waals surface area (Å²) in [6.45, 7) is 8.68. The molecule has 0 rings (SSSR count). The van der Waals surface area contributed by atoms with Gasteiger partial charge in [-0.3, -0.25) is 0 Å². The van der Waals surface area contributed by atoms with Crippen LogP contribution >= 0.6 is 0 Å². The largest absolute Gasteiger partial charge is 0.193 e. The van der Waals surface area contributed by atoms with Crippen molar-refractivity contribution < 1.29 is 0 Å². The van der Waals surface area contributed by atoms with Gasteiger partial charge in [-0.15, -0.1) is 0 Å². The average molecular weight is 193 g/mol. The van der Waals surface area contributed by atoms with E-state index in [0.717, 1.165) is 23.8 Å². The van der Waals surface area contributed by atoms with Crippen molar-refractivity contribution in [1.29, 1.82) is 5.26 Å². The Bertz CT molecular complexity index is 208. The molecule has 1 heteroatoms. The van der Waals surface area contributed by atoms with Crippen LogP contribution < -0.4 is 0 Å². The lowest BCUT2D eigenvalue weighted by Gasteiger charge is -2.09. The summed E-state index contributed by atoms with van der Waals surface area (Å²) < 4.78 is 0. The minimum Gasteiger partial charge on any atom is -0.193 e. The molecule has 0 aromatic rings. The Hall–Kier alpha value is -0.770. The molecule has 0 aliphatic carbocycles. The molecule has 0 aliphatic heterocycles. The number of rotatable bonds is 6. The van der Waals surface area contributed by atoms with Crippen molar-refractivity contribution >= 4 is 0 Å². The SMILES string of the molecule is C/C(C#N)=C\CC(C)CCCC(C)C. The number of allylic oxidation sites excluding steroid dienone is 2. The summed E-state index contributed by atoms with van der Waals surface area (Å²) in [5.41, 5.74) is 0.848. The Kier molecular flexibility index (Phi) is 7.20. The average Bonchev–Trinajstić information content (AvgIpc) is 2.13. The molecule has 0 aliphatic rings. The van der Waals surface area contributed by atoms with Crippen LogP contribution in [0.25, 0.3) is 0 Å². The first-order valence-electron chi connectivity index (χ1n) is 5.63. The highest BCUT2D eigenvalue weighted by molar-refractivity contribution is 5.16. The first-order chi connectivity index (χ1) is 6.56. The summed E-state index contributed by atoms with van der Waals surface area (Å²) in [6.07, 6.45) is 7.04. The highest BCUT2D eigenvalue weighted by Crippen LogP contribution is 2.16. The molecule has 0 spiro atoms. The second kappa shape index (κ2) is 7.62. The molecule has 0 saturated heterocycles. The van der Waals surface area contributed by atoms with Crippen molar-refractivity contribution in [3.63, 3.8) is 0 Å². The van der Waals surface area contributed by atoms with Gasteiger partial charge >= 0.3 is 0 Å². The van der Waals surface area contributed by atoms with Gasteiger partial charge < -0.3 is 0 Å². The molecule has 1 atom stereocenters. The Morgan fingerprint density at radius 3 is 2.43 bits per heavy atom. The highest BCUT2D eigenvalue weighted by atomic mass is 14.2. The maximum atomic E-state index is 8.58. The fraction of sp³-hybridized carbons (Fsp3) is 0.769. The Morgan fingerprint density at radius 2 is 1.93 bits per heavy atom. The number of nitriles is 1. The lowest BCUT2D eigenvalue weighted by Crippen LogP contribution is -1.95. The molecule has 0 radical (unpaired) electrons. The fourth-order valence-corrected chi connectivity index (χ4v) is 1.42. The Labute approximate surface area is 88.8 Å². The van der Waals surface area contributed by atoms with E-state index in [4.69, 9.17) is 5.26 Å². The van der Waals surface area contributed by atoms with Gasteiger partial charge in [0, 0.05) is 5.57 Å². The molecule has 14 heavy (non-hydrogen) atoms. The summed E-state index contributed by atoms with van der Waals surface area (Å²) in [5.74, 6) is 1.54. The van der Waals surface area contributed by atoms with Crippen molar-refractivity contribution in [1.82, 2.24) is 0 Å². The predicted octanol–water partition coefficient (Wildman–Crippen LogP) is 4.31. The third-order valence-corrected chi connectivity index (χ3v) is 2.48. The van der Waals surface area contributed by atoms with Gasteiger partial charge in [0.15, 0.2) is 0 Å². The normalized spacial score (nSPS) is 14.1. The van der Waals surface area contributed by atoms with Gasteiger partial charge in [0.1, 0.15) is 0 Å². The van der Waals surface area contributed by atoms with Crippen LogP contribution in [0.3, 0.4) is 0 Å². The number of hydrogen-bond donors (Lipinski definition) is 0. The summed E-state index contributed by atoms with van der Waals surface area (Å²) in [4.78, 5) is 0. The molecule has 80 valence electrons. The molecule has 1 unspecified atom stereocenters. The van der Waals surface area contributed by atoms with E-state index in [-0.39, 0.29) is 0 Å². The van der Waals surface area contributed by atoms with Gasteiger partial charge in [-0.25, -0.2) is 0 Å². The zero-order valence-electron chi connectivity index (χ0n) is 10.0. The molecule has 0 heterocycles. The molecule has 0 fully saturated rings. The van der Waals surface area contributed by atoms with Crippen molar-refractivity contribution in [2.75, 3.05) is 0 Å². The first-order valence-corrected chi connectivity index (χ1v) is 5.63. The second-order valence-electron chi connectivity index (χ2n) is 4.66. The summed E-state index contributed by atoms with van der Waals surface area (Å²) in [5, 5.41) is 8.58. The van der Waals surface area contributed by atoms with E-state index in [9.17, 15) is 0 Å². The first kappa shape index (κ1) is 13.2. The van der Waals surface area contributed by atoms with Gasteiger partial charge in [-0.1, -0.05) is 46.1 Å². The molecular weight excluding hydrogens is 170 g/mol. The molecule has 0 amide bonds. The maximum Gasteiger partial charge on any atom is 0.0940 e. The van der Waals surface area contributed by atoms with Crippen LogP contribution in [0.4, 0.5) is 0 Å². The van der Waals surface area contributed by atoms with E-state index >= 15 is 0 Å². The molecule has 0 aromatic heterocycles. The quantitative estimate of drug-likeness (QED) is 0.577. The molecular formula is C13H23N. The van der Waals surface area contributed by atoms with Crippen LogP contribution in [0.5, 0.6) is 0 Å². The van der Waals surface area contributed by atoms with E-state index in [2.05, 4.69) is 32.9 Å². The van der Waals surface area contributed by atoms with Crippen molar-refractivity contribution in [2.24, 2.45) is 11.8 Å². The zero-order valence-corrected chi connectivity index (χ0v) is 10.0. The Morgan fingerprint density at radius 1 is 1.29 bits per heavy atom. The highest BCUT2D eigenvalue weighted by Gasteiger charge is 2.01. The minimum atomic E-state index is 0.719. The van der Waals surface area contributed by atoms with Crippen LogP contribution in [0.1, 0.15) is 53.4 Å². The van der Waals surface area contributed by atoms with Crippen molar-refractivity contribution in [2.45, 2.75) is 53.4 Å². The fourth-order valence-electron chi connectivity index (χ4n) is 1.42. The topological polar surface area (TPSA) is 23.8 Å². The van der Waals surface area contributed by atoms with Crippen molar-refractivity contribution in [3.8, 4) is 6.07 Å². The van der Waals surface area contributed by atoms with Crippen LogP contribution in [0, 0.1) is 23.2 Å². The molecule has 0 N–H and O–H groups in total. The zero-order chi connectivity index (χ0) is 11.0. The van der Waals surface area contributed by atoms with E-state index in [1.807, 2.05) is 6.92 Å². The predicted molar refractivity (Wildman–Crippen MR) is 61.8 cm³/mol. The van der Waals surface area contributed by atoms with E-state index in [1.165, 1.54) is 19.3 Å². The van der Waals surface area contributed by atoms with Gasteiger partial charge in [-0.05, 0) is 25.2 Å². The second-order valence-corrected chi connectivity index (χ2v) is 4.66. The van der Waals surface area contributed by atoms with Crippen LogP contribution in [0.2, 0.25) is 0 Å². The van der Waals surface area contributed by atoms with Crippen LogP contribution in [0.15, 0.2) is 11.6 Å². The van der Waals surface area contributed by atoms with Crippen LogP contribution in [-0.4, -0.2) is 0 Å². The van der Waals surface area contributed by atoms with Crippen LogP contribution in [-0.2, 0) is 0 Å². The van der Waals surface area contributed by atoms with Gasteiger partial charge in [0.2, 0.25) is 0 Å². The number of hydrogen-bond acceptors (Lipinski definition) is 1. The third-order valence-electron chi connectivity index (χ3n) is 2.48. The van der Waals surface area contributed by atoms with Gasteiger partial charge in [0.05, 0.1) is 6.07 Å². The lowest BCUT2D eigenvalue weighted by molar-refractivity contribution is 0.460. The number of nitrogens with zero attached hydrogens (tertiary/aromatic N) is 1. The molecule has 0 saturated carbocycles. The summed E-state index contributed by atoms with van der Waals surface area (Å²) >= 11 is 0. The van der Waals surface area contributed by atoms with Crippen molar-refractivity contribution in [3.05, 3.63) is 11.6 Å². The van der Waals surface area contributed by atoms with E-state index in [0.29, 0.717) is 0 Å². The summed E-state index contributed by atoms with van der Waals surface area (Å²) in [7, 11) is 0. The molecule has 1 nitrogen and oxygen atoms in total. The minimum absolute atomic E-state index is 0.719. The lowest BCUT2D eigenvalue weighted by atomic mass is 9.96. The summed E-state index contributed by atoms with van der Waals surface area (Å²) in [6, 6.07) is 2.16. The third kappa shape index (κ3) is 7.86. The maximum absolute atomic E-state index is 8.58. The molecule has 0 bridgehead atoms. The molecule has 0 aromatic carbocycles. The standard InChI is InChI=1S/C13H23N/c1-11(2)6-5-7-12(3)8-9-13(4)10-14/h9,11-12H,5-8H2,1-4H3/b13-9+. The van der Waals surface area contributed by atoms with E-state index < -0.39 is 0 Å².